The minimum atomic E-state index is -0.104. The Morgan fingerprint density at radius 2 is 1.94 bits per heavy atom. The fourth-order valence-electron chi connectivity index (χ4n) is 3.12. The molecule has 0 aromatic carbocycles. The summed E-state index contributed by atoms with van der Waals surface area (Å²) in [5.41, 5.74) is 6.70. The summed E-state index contributed by atoms with van der Waals surface area (Å²) >= 11 is 0. The van der Waals surface area contributed by atoms with Crippen molar-refractivity contribution in [3.05, 3.63) is 0 Å². The Bertz CT molecular complexity index is 218. The number of nitrogens with one attached hydrogen (secondary N) is 1. The molecule has 1 aliphatic carbocycles. The molecular formula is C13H26N2O. The fraction of sp³-hybridized carbons (Fsp3) is 1.00. The first-order valence-electron chi connectivity index (χ1n) is 6.76. The summed E-state index contributed by atoms with van der Waals surface area (Å²) in [5.74, 6) is 0. The van der Waals surface area contributed by atoms with E-state index in [4.69, 9.17) is 10.5 Å². The standard InChI is InChI=1S/C13H26N2O/c1-2-12(5-3-4-6-12)9-15-10-13(14)7-8-16-11-13/h15H,2-11,14H2,1H3. The summed E-state index contributed by atoms with van der Waals surface area (Å²) in [5, 5.41) is 3.60. The van der Waals surface area contributed by atoms with Crippen LogP contribution >= 0.6 is 0 Å². The molecule has 1 aliphatic heterocycles. The van der Waals surface area contributed by atoms with E-state index in [2.05, 4.69) is 12.2 Å². The van der Waals surface area contributed by atoms with Crippen LogP contribution < -0.4 is 11.1 Å². The van der Waals surface area contributed by atoms with Gasteiger partial charge >= 0.3 is 0 Å². The monoisotopic (exact) mass is 226 g/mol. The molecular weight excluding hydrogens is 200 g/mol. The molecule has 16 heavy (non-hydrogen) atoms. The average Bonchev–Trinajstić information content (AvgIpc) is 2.89. The van der Waals surface area contributed by atoms with Crippen molar-refractivity contribution >= 4 is 0 Å². The van der Waals surface area contributed by atoms with Gasteiger partial charge in [0.1, 0.15) is 0 Å². The van der Waals surface area contributed by atoms with Crippen LogP contribution in [0.4, 0.5) is 0 Å². The molecule has 0 aromatic rings. The number of hydrogen-bond donors (Lipinski definition) is 2. The third-order valence-electron chi connectivity index (χ3n) is 4.53. The van der Waals surface area contributed by atoms with E-state index in [1.165, 1.54) is 32.1 Å². The molecule has 1 unspecified atom stereocenters. The quantitative estimate of drug-likeness (QED) is 0.749. The predicted molar refractivity (Wildman–Crippen MR) is 66.4 cm³/mol. The molecule has 2 aliphatic rings. The van der Waals surface area contributed by atoms with Crippen molar-refractivity contribution in [1.82, 2.24) is 5.32 Å². The van der Waals surface area contributed by atoms with Crippen molar-refractivity contribution in [2.45, 2.75) is 51.0 Å². The summed E-state index contributed by atoms with van der Waals surface area (Å²) in [6.07, 6.45) is 7.90. The average molecular weight is 226 g/mol. The van der Waals surface area contributed by atoms with Crippen molar-refractivity contribution in [1.29, 1.82) is 0 Å². The van der Waals surface area contributed by atoms with Gasteiger partial charge in [0.05, 0.1) is 12.1 Å². The van der Waals surface area contributed by atoms with E-state index in [1.807, 2.05) is 0 Å². The minimum Gasteiger partial charge on any atom is -0.379 e. The molecule has 3 N–H and O–H groups in total. The normalized spacial score (nSPS) is 33.4. The molecule has 2 rings (SSSR count). The van der Waals surface area contributed by atoms with E-state index >= 15 is 0 Å². The number of ether oxygens (including phenoxy) is 1. The highest BCUT2D eigenvalue weighted by atomic mass is 16.5. The van der Waals surface area contributed by atoms with Crippen LogP contribution in [0.5, 0.6) is 0 Å². The smallest absolute Gasteiger partial charge is 0.0659 e. The van der Waals surface area contributed by atoms with Crippen LogP contribution in [0.2, 0.25) is 0 Å². The van der Waals surface area contributed by atoms with Crippen LogP contribution in [-0.2, 0) is 4.74 Å². The summed E-state index contributed by atoms with van der Waals surface area (Å²) in [6, 6.07) is 0. The molecule has 0 amide bonds. The second kappa shape index (κ2) is 5.03. The Morgan fingerprint density at radius 3 is 2.50 bits per heavy atom. The molecule has 0 radical (unpaired) electrons. The lowest BCUT2D eigenvalue weighted by atomic mass is 9.83. The van der Waals surface area contributed by atoms with E-state index in [9.17, 15) is 0 Å². The molecule has 1 saturated heterocycles. The molecule has 0 aromatic heterocycles. The third kappa shape index (κ3) is 2.76. The number of nitrogens with two attached hydrogens (primary N) is 1. The summed E-state index contributed by atoms with van der Waals surface area (Å²) in [6.45, 7) is 5.93. The Balaban J connectivity index is 1.74. The number of rotatable bonds is 5. The van der Waals surface area contributed by atoms with Crippen LogP contribution in [0.25, 0.3) is 0 Å². The zero-order valence-electron chi connectivity index (χ0n) is 10.6. The van der Waals surface area contributed by atoms with E-state index in [0.717, 1.165) is 32.7 Å². The molecule has 1 atom stereocenters. The van der Waals surface area contributed by atoms with Gasteiger partial charge in [0.15, 0.2) is 0 Å². The van der Waals surface area contributed by atoms with Crippen LogP contribution in [0.15, 0.2) is 0 Å². The van der Waals surface area contributed by atoms with Crippen molar-refractivity contribution in [2.75, 3.05) is 26.3 Å². The van der Waals surface area contributed by atoms with Gasteiger partial charge in [-0.2, -0.15) is 0 Å². The first-order chi connectivity index (χ1) is 7.68. The zero-order valence-corrected chi connectivity index (χ0v) is 10.6. The molecule has 1 heterocycles. The SMILES string of the molecule is CCC1(CNCC2(N)CCOC2)CCCC1. The lowest BCUT2D eigenvalue weighted by Crippen LogP contribution is -2.51. The van der Waals surface area contributed by atoms with Gasteiger partial charge in [-0.1, -0.05) is 19.8 Å². The van der Waals surface area contributed by atoms with E-state index in [-0.39, 0.29) is 5.54 Å². The van der Waals surface area contributed by atoms with Crippen LogP contribution in [0.3, 0.4) is 0 Å². The van der Waals surface area contributed by atoms with Gasteiger partial charge in [0, 0.05) is 19.7 Å². The van der Waals surface area contributed by atoms with Gasteiger partial charge in [-0.15, -0.1) is 0 Å². The van der Waals surface area contributed by atoms with Gasteiger partial charge in [-0.05, 0) is 31.1 Å². The largest absolute Gasteiger partial charge is 0.379 e. The molecule has 3 nitrogen and oxygen atoms in total. The van der Waals surface area contributed by atoms with Crippen molar-refractivity contribution in [2.24, 2.45) is 11.1 Å². The summed E-state index contributed by atoms with van der Waals surface area (Å²) in [4.78, 5) is 0. The Kier molecular flexibility index (Phi) is 3.88. The van der Waals surface area contributed by atoms with Crippen LogP contribution in [-0.4, -0.2) is 31.8 Å². The van der Waals surface area contributed by atoms with Crippen molar-refractivity contribution < 1.29 is 4.74 Å². The first kappa shape index (κ1) is 12.3. The van der Waals surface area contributed by atoms with Crippen molar-refractivity contribution in [3.8, 4) is 0 Å². The van der Waals surface area contributed by atoms with Gasteiger partial charge < -0.3 is 15.8 Å². The predicted octanol–water partition coefficient (Wildman–Crippen LogP) is 1.66. The topological polar surface area (TPSA) is 47.3 Å². The Morgan fingerprint density at radius 1 is 1.19 bits per heavy atom. The Hall–Kier alpha value is -0.120. The maximum atomic E-state index is 6.24. The molecule has 1 saturated carbocycles. The molecule has 3 heteroatoms. The highest BCUT2D eigenvalue weighted by molar-refractivity contribution is 4.92. The summed E-state index contributed by atoms with van der Waals surface area (Å²) in [7, 11) is 0. The van der Waals surface area contributed by atoms with Gasteiger partial charge in [0.25, 0.3) is 0 Å². The van der Waals surface area contributed by atoms with E-state index in [0.29, 0.717) is 5.41 Å². The molecule has 0 bridgehead atoms. The Labute approximate surface area is 99.1 Å². The van der Waals surface area contributed by atoms with Crippen LogP contribution in [0, 0.1) is 5.41 Å². The fourth-order valence-corrected chi connectivity index (χ4v) is 3.12. The highest BCUT2D eigenvalue weighted by Gasteiger charge is 2.34. The van der Waals surface area contributed by atoms with E-state index in [1.54, 1.807) is 0 Å². The minimum absolute atomic E-state index is 0.104. The number of hydrogen-bond acceptors (Lipinski definition) is 3. The lowest BCUT2D eigenvalue weighted by molar-refractivity contribution is 0.174. The highest BCUT2D eigenvalue weighted by Crippen LogP contribution is 2.40. The van der Waals surface area contributed by atoms with Crippen molar-refractivity contribution in [3.63, 3.8) is 0 Å². The zero-order chi connectivity index (χ0) is 11.5. The second-order valence-electron chi connectivity index (χ2n) is 5.83. The molecule has 94 valence electrons. The third-order valence-corrected chi connectivity index (χ3v) is 4.53. The van der Waals surface area contributed by atoms with Gasteiger partial charge in [-0.25, -0.2) is 0 Å². The second-order valence-corrected chi connectivity index (χ2v) is 5.83. The first-order valence-corrected chi connectivity index (χ1v) is 6.76. The van der Waals surface area contributed by atoms with Gasteiger partial charge in [-0.3, -0.25) is 0 Å². The van der Waals surface area contributed by atoms with Crippen LogP contribution in [0.1, 0.15) is 45.4 Å². The molecule has 2 fully saturated rings. The van der Waals surface area contributed by atoms with E-state index < -0.39 is 0 Å². The summed E-state index contributed by atoms with van der Waals surface area (Å²) < 4.78 is 5.37. The molecule has 0 spiro atoms. The maximum absolute atomic E-state index is 6.24. The lowest BCUT2D eigenvalue weighted by Gasteiger charge is -2.30. The van der Waals surface area contributed by atoms with Gasteiger partial charge in [0.2, 0.25) is 0 Å². The maximum Gasteiger partial charge on any atom is 0.0659 e.